The molecule has 2 saturated carbocycles. The van der Waals surface area contributed by atoms with Gasteiger partial charge in [-0.25, -0.2) is 4.79 Å². The van der Waals surface area contributed by atoms with E-state index < -0.39 is 5.60 Å². The molecule has 1 N–H and O–H groups in total. The van der Waals surface area contributed by atoms with Crippen LogP contribution in [0.5, 0.6) is 0 Å². The van der Waals surface area contributed by atoms with Gasteiger partial charge in [0.1, 0.15) is 5.60 Å². The Hall–Kier alpha value is -0.730. The van der Waals surface area contributed by atoms with Gasteiger partial charge in [-0.05, 0) is 65.2 Å². The zero-order valence-corrected chi connectivity index (χ0v) is 10.6. The molecule has 0 atom stereocenters. The normalized spacial score (nSPS) is 37.5. The third kappa shape index (κ3) is 2.33. The second kappa shape index (κ2) is 3.38. The van der Waals surface area contributed by atoms with Crippen LogP contribution in [0.15, 0.2) is 0 Å². The quantitative estimate of drug-likeness (QED) is 0.743. The Kier molecular flexibility index (Phi) is 2.48. The Balaban J connectivity index is 1.94. The second-order valence-electron chi connectivity index (χ2n) is 6.58. The molecule has 2 aliphatic carbocycles. The first-order chi connectivity index (χ1) is 7.22. The lowest BCUT2D eigenvalue weighted by Gasteiger charge is -2.29. The summed E-state index contributed by atoms with van der Waals surface area (Å²) >= 11 is 0. The van der Waals surface area contributed by atoms with Gasteiger partial charge in [0.2, 0.25) is 0 Å². The Labute approximate surface area is 97.9 Å². The first kappa shape index (κ1) is 11.7. The fourth-order valence-corrected chi connectivity index (χ4v) is 3.02. The lowest BCUT2D eigenvalue weighted by Crippen LogP contribution is -2.47. The summed E-state index contributed by atoms with van der Waals surface area (Å²) in [5.74, 6) is 0. The summed E-state index contributed by atoms with van der Waals surface area (Å²) in [6.07, 6.45) is 5.09. The number of fused-ring (bicyclic) bond motifs is 2. The fraction of sp³-hybridized carbons (Fsp3) is 0.846. The third-order valence-corrected chi connectivity index (χ3v) is 3.75. The summed E-state index contributed by atoms with van der Waals surface area (Å²) in [5, 5.41) is 3.06. The number of amides is 1. The minimum absolute atomic E-state index is 0.0237. The molecular formula is C13H22NO2. The second-order valence-corrected chi connectivity index (χ2v) is 6.58. The van der Waals surface area contributed by atoms with Crippen LogP contribution in [0, 0.1) is 12.3 Å². The van der Waals surface area contributed by atoms with Crippen LogP contribution in [-0.4, -0.2) is 17.2 Å². The van der Waals surface area contributed by atoms with Crippen molar-refractivity contribution in [1.82, 2.24) is 5.32 Å². The number of hydrogen-bond donors (Lipinski definition) is 1. The maximum Gasteiger partial charge on any atom is 0.408 e. The van der Waals surface area contributed by atoms with E-state index in [2.05, 4.69) is 12.2 Å². The van der Waals surface area contributed by atoms with Gasteiger partial charge in [0, 0.05) is 5.54 Å². The maximum absolute atomic E-state index is 11.7. The Morgan fingerprint density at radius 1 is 1.25 bits per heavy atom. The average molecular weight is 224 g/mol. The number of carbonyl (C=O) groups excluding carboxylic acids is 1. The number of rotatable bonds is 1. The van der Waals surface area contributed by atoms with E-state index >= 15 is 0 Å². The van der Waals surface area contributed by atoms with Gasteiger partial charge in [-0.1, -0.05) is 0 Å². The number of hydrogen-bond acceptors (Lipinski definition) is 2. The van der Waals surface area contributed by atoms with Gasteiger partial charge >= 0.3 is 6.09 Å². The van der Waals surface area contributed by atoms with Gasteiger partial charge < -0.3 is 10.1 Å². The van der Waals surface area contributed by atoms with Crippen LogP contribution in [0.4, 0.5) is 4.79 Å². The van der Waals surface area contributed by atoms with Crippen LogP contribution in [0.25, 0.3) is 0 Å². The highest BCUT2D eigenvalue weighted by atomic mass is 16.6. The lowest BCUT2D eigenvalue weighted by atomic mass is 9.86. The molecule has 3 heteroatoms. The van der Waals surface area contributed by atoms with Crippen LogP contribution in [0.2, 0.25) is 0 Å². The van der Waals surface area contributed by atoms with Crippen molar-refractivity contribution in [1.29, 1.82) is 0 Å². The van der Waals surface area contributed by atoms with Crippen molar-refractivity contribution >= 4 is 6.09 Å². The molecule has 2 aliphatic rings. The predicted octanol–water partition coefficient (Wildman–Crippen LogP) is 3.05. The number of carbonyl (C=O) groups is 1. The molecule has 2 rings (SSSR count). The van der Waals surface area contributed by atoms with Crippen molar-refractivity contribution in [2.45, 2.75) is 64.0 Å². The molecule has 0 spiro atoms. The van der Waals surface area contributed by atoms with E-state index in [1.807, 2.05) is 20.8 Å². The monoisotopic (exact) mass is 224 g/mol. The van der Waals surface area contributed by atoms with Crippen LogP contribution in [0.1, 0.15) is 52.9 Å². The highest BCUT2D eigenvalue weighted by Gasteiger charge is 2.52. The Morgan fingerprint density at radius 3 is 2.19 bits per heavy atom. The first-order valence-corrected chi connectivity index (χ1v) is 6.09. The third-order valence-electron chi connectivity index (χ3n) is 3.75. The minimum atomic E-state index is -0.417. The largest absolute Gasteiger partial charge is 0.444 e. The van der Waals surface area contributed by atoms with Gasteiger partial charge in [0.25, 0.3) is 0 Å². The molecular weight excluding hydrogens is 202 g/mol. The lowest BCUT2D eigenvalue weighted by molar-refractivity contribution is 0.0458. The maximum atomic E-state index is 11.7. The number of ether oxygens (including phenoxy) is 1. The van der Waals surface area contributed by atoms with E-state index in [4.69, 9.17) is 4.74 Å². The fourth-order valence-electron chi connectivity index (χ4n) is 3.02. The predicted molar refractivity (Wildman–Crippen MR) is 63.0 cm³/mol. The summed E-state index contributed by atoms with van der Waals surface area (Å²) in [7, 11) is 0. The van der Waals surface area contributed by atoms with Crippen molar-refractivity contribution < 1.29 is 9.53 Å². The van der Waals surface area contributed by atoms with Crippen LogP contribution >= 0.6 is 0 Å². The Morgan fingerprint density at radius 2 is 1.81 bits per heavy atom. The molecule has 0 heterocycles. The molecule has 0 unspecified atom stereocenters. The molecule has 3 nitrogen and oxygen atoms in total. The minimum Gasteiger partial charge on any atom is -0.444 e. The van der Waals surface area contributed by atoms with Gasteiger partial charge in [-0.2, -0.15) is 0 Å². The Bertz CT molecular complexity index is 296. The molecule has 1 amide bonds. The van der Waals surface area contributed by atoms with Crippen molar-refractivity contribution in [2.24, 2.45) is 5.41 Å². The molecule has 1 radical (unpaired) electrons. The summed E-state index contributed by atoms with van der Waals surface area (Å²) in [6, 6.07) is 0. The van der Waals surface area contributed by atoms with Crippen LogP contribution in [-0.2, 0) is 4.74 Å². The van der Waals surface area contributed by atoms with Crippen molar-refractivity contribution in [3.05, 3.63) is 6.92 Å². The molecule has 0 aromatic rings. The van der Waals surface area contributed by atoms with Gasteiger partial charge in [-0.3, -0.25) is 0 Å². The van der Waals surface area contributed by atoms with E-state index in [0.29, 0.717) is 0 Å². The van der Waals surface area contributed by atoms with E-state index in [-0.39, 0.29) is 17.0 Å². The topological polar surface area (TPSA) is 38.3 Å². The highest BCUT2D eigenvalue weighted by molar-refractivity contribution is 5.69. The SMILES string of the molecule is [CH2]C12CCC(NC(=O)OC(C)(C)C)(CC1)C2. The number of alkyl carbamates (subject to hydrolysis) is 1. The summed E-state index contributed by atoms with van der Waals surface area (Å²) < 4.78 is 5.31. The molecule has 2 bridgehead atoms. The average Bonchev–Trinajstić information content (AvgIpc) is 2.53. The van der Waals surface area contributed by atoms with Crippen LogP contribution in [0.3, 0.4) is 0 Å². The van der Waals surface area contributed by atoms with Gasteiger partial charge in [0.15, 0.2) is 0 Å². The van der Waals surface area contributed by atoms with Crippen LogP contribution < -0.4 is 5.32 Å². The molecule has 91 valence electrons. The molecule has 0 aromatic heterocycles. The van der Waals surface area contributed by atoms with Crippen molar-refractivity contribution in [3.8, 4) is 0 Å². The van der Waals surface area contributed by atoms with E-state index in [1.54, 1.807) is 0 Å². The molecule has 0 saturated heterocycles. The molecule has 16 heavy (non-hydrogen) atoms. The molecule has 2 fully saturated rings. The van der Waals surface area contributed by atoms with E-state index in [9.17, 15) is 4.79 Å². The number of nitrogens with one attached hydrogen (secondary N) is 1. The molecule has 0 aliphatic heterocycles. The zero-order chi connectivity index (χ0) is 12.0. The highest BCUT2D eigenvalue weighted by Crippen LogP contribution is 2.55. The van der Waals surface area contributed by atoms with Gasteiger partial charge in [0.05, 0.1) is 0 Å². The van der Waals surface area contributed by atoms with Crippen molar-refractivity contribution in [3.63, 3.8) is 0 Å². The standard InChI is InChI=1S/C13H22NO2/c1-11(2,3)16-10(15)14-13-7-5-12(4,9-13)6-8-13/h4-9H2,1-3H3,(H,14,15). The smallest absolute Gasteiger partial charge is 0.408 e. The van der Waals surface area contributed by atoms with E-state index in [1.165, 1.54) is 0 Å². The summed E-state index contributed by atoms with van der Waals surface area (Å²) in [6.45, 7) is 9.93. The zero-order valence-electron chi connectivity index (χ0n) is 10.6. The van der Waals surface area contributed by atoms with Crippen molar-refractivity contribution in [2.75, 3.05) is 0 Å². The summed E-state index contributed by atoms with van der Waals surface area (Å²) in [4.78, 5) is 11.7. The summed E-state index contributed by atoms with van der Waals surface area (Å²) in [5.41, 5.74) is -0.224. The van der Waals surface area contributed by atoms with E-state index in [0.717, 1.165) is 32.1 Å². The first-order valence-electron chi connectivity index (χ1n) is 6.09. The molecule has 0 aromatic carbocycles. The van der Waals surface area contributed by atoms with Gasteiger partial charge in [-0.15, -0.1) is 0 Å².